The van der Waals surface area contributed by atoms with Gasteiger partial charge in [0.2, 0.25) is 0 Å². The molecule has 0 bridgehead atoms. The Labute approximate surface area is 104 Å². The zero-order chi connectivity index (χ0) is 11.5. The highest BCUT2D eigenvalue weighted by molar-refractivity contribution is 9.11. The van der Waals surface area contributed by atoms with E-state index in [9.17, 15) is 9.18 Å². The molecule has 0 radical (unpaired) electrons. The molecule has 2 heterocycles. The first-order valence-corrected chi connectivity index (χ1v) is 6.14. The molecule has 0 unspecified atom stereocenters. The third-order valence-corrected chi connectivity index (χ3v) is 3.66. The van der Waals surface area contributed by atoms with Gasteiger partial charge in [-0.3, -0.25) is 9.78 Å². The van der Waals surface area contributed by atoms with Crippen molar-refractivity contribution in [2.75, 3.05) is 0 Å². The number of pyridine rings is 1. The smallest absolute Gasteiger partial charge is 0.171 e. The Bertz CT molecular complexity index is 526. The van der Waals surface area contributed by atoms with Crippen LogP contribution in [0.3, 0.4) is 0 Å². The van der Waals surface area contributed by atoms with Crippen LogP contribution < -0.4 is 0 Å². The minimum Gasteiger partial charge on any atom is -0.294 e. The summed E-state index contributed by atoms with van der Waals surface area (Å²) in [6.45, 7) is 0. The van der Waals surface area contributed by atoms with Crippen LogP contribution in [0.4, 0.5) is 4.39 Å². The molecule has 0 aliphatic carbocycles. The second-order valence-electron chi connectivity index (χ2n) is 3.16. The number of carbonyl (C=O) groups excluding carboxylic acids is 1. The number of thiophene rings is 1. The molecule has 0 N–H and O–H groups in total. The van der Waals surface area contributed by atoms with Gasteiger partial charge in [0.25, 0.3) is 0 Å². The van der Waals surface area contributed by atoms with Gasteiger partial charge in [-0.1, -0.05) is 0 Å². The van der Waals surface area contributed by atoms with Crippen LogP contribution in [0.25, 0.3) is 0 Å². The van der Waals surface area contributed by atoms with E-state index < -0.39 is 5.82 Å². The number of halogens is 2. The minimum absolute atomic E-state index is 0.0968. The summed E-state index contributed by atoms with van der Waals surface area (Å²) >= 11 is 4.79. The lowest BCUT2D eigenvalue weighted by Gasteiger charge is -1.99. The molecule has 0 saturated heterocycles. The van der Waals surface area contributed by atoms with E-state index in [0.717, 1.165) is 14.9 Å². The van der Waals surface area contributed by atoms with Crippen LogP contribution in [0.5, 0.6) is 0 Å². The first kappa shape index (κ1) is 11.4. The SMILES string of the molecule is O=C(Cc1ccc(Br)s1)c1ccncc1F. The van der Waals surface area contributed by atoms with E-state index in [1.807, 2.05) is 12.1 Å². The van der Waals surface area contributed by atoms with Gasteiger partial charge in [-0.2, -0.15) is 0 Å². The fraction of sp³-hybridized carbons (Fsp3) is 0.0909. The highest BCUT2D eigenvalue weighted by Gasteiger charge is 2.12. The molecule has 0 atom stereocenters. The lowest BCUT2D eigenvalue weighted by Crippen LogP contribution is -2.05. The normalized spacial score (nSPS) is 10.4. The maximum absolute atomic E-state index is 13.3. The fourth-order valence-electron chi connectivity index (χ4n) is 1.30. The molecule has 0 aliphatic rings. The summed E-state index contributed by atoms with van der Waals surface area (Å²) < 4.78 is 14.2. The topological polar surface area (TPSA) is 30.0 Å². The molecule has 2 aromatic rings. The average Bonchev–Trinajstić information content (AvgIpc) is 2.64. The molecular weight excluding hydrogens is 293 g/mol. The molecule has 5 heteroatoms. The number of nitrogens with zero attached hydrogens (tertiary/aromatic N) is 1. The largest absolute Gasteiger partial charge is 0.294 e. The lowest BCUT2D eigenvalue weighted by atomic mass is 10.1. The van der Waals surface area contributed by atoms with E-state index in [1.54, 1.807) is 0 Å². The molecule has 2 rings (SSSR count). The number of ketones is 1. The van der Waals surface area contributed by atoms with E-state index in [4.69, 9.17) is 0 Å². The van der Waals surface area contributed by atoms with Gasteiger partial charge in [-0.15, -0.1) is 11.3 Å². The summed E-state index contributed by atoms with van der Waals surface area (Å²) in [6, 6.07) is 5.13. The summed E-state index contributed by atoms with van der Waals surface area (Å²) in [5.41, 5.74) is 0.0968. The van der Waals surface area contributed by atoms with Crippen molar-refractivity contribution in [2.24, 2.45) is 0 Å². The molecule has 16 heavy (non-hydrogen) atoms. The zero-order valence-electron chi connectivity index (χ0n) is 8.11. The maximum atomic E-state index is 13.3. The highest BCUT2D eigenvalue weighted by Crippen LogP contribution is 2.23. The van der Waals surface area contributed by atoms with E-state index in [1.165, 1.54) is 23.6 Å². The van der Waals surface area contributed by atoms with Gasteiger partial charge in [0.05, 0.1) is 15.5 Å². The number of rotatable bonds is 3. The Balaban J connectivity index is 2.18. The van der Waals surface area contributed by atoms with Crippen LogP contribution >= 0.6 is 27.3 Å². The molecule has 82 valence electrons. The molecule has 2 aromatic heterocycles. The molecule has 2 nitrogen and oxygen atoms in total. The van der Waals surface area contributed by atoms with Gasteiger partial charge in [0.1, 0.15) is 0 Å². The number of carbonyl (C=O) groups is 1. The van der Waals surface area contributed by atoms with Crippen molar-refractivity contribution >= 4 is 33.0 Å². The van der Waals surface area contributed by atoms with Gasteiger partial charge in [-0.25, -0.2) is 4.39 Å². The first-order chi connectivity index (χ1) is 7.66. The molecule has 0 saturated carbocycles. The van der Waals surface area contributed by atoms with Gasteiger partial charge in [0, 0.05) is 17.5 Å². The van der Waals surface area contributed by atoms with Crippen LogP contribution in [-0.4, -0.2) is 10.8 Å². The standard InChI is InChI=1S/C11H7BrFNOS/c12-11-2-1-7(16-11)5-10(15)8-3-4-14-6-9(8)13/h1-4,6H,5H2. The van der Waals surface area contributed by atoms with Crippen molar-refractivity contribution in [3.8, 4) is 0 Å². The van der Waals surface area contributed by atoms with Crippen molar-refractivity contribution < 1.29 is 9.18 Å². The average molecular weight is 300 g/mol. The van der Waals surface area contributed by atoms with E-state index in [0.29, 0.717) is 0 Å². The molecular formula is C11H7BrFNOS. The van der Waals surface area contributed by atoms with E-state index >= 15 is 0 Å². The number of aromatic nitrogens is 1. The summed E-state index contributed by atoms with van der Waals surface area (Å²) in [4.78, 5) is 16.3. The predicted octanol–water partition coefficient (Wildman–Crippen LogP) is 3.47. The monoisotopic (exact) mass is 299 g/mol. The molecule has 0 aromatic carbocycles. The van der Waals surface area contributed by atoms with Crippen molar-refractivity contribution in [1.29, 1.82) is 0 Å². The number of Topliss-reactive ketones (excluding diaryl/α,β-unsaturated/α-hetero) is 1. The minimum atomic E-state index is -0.567. The van der Waals surface area contributed by atoms with Crippen LogP contribution in [0, 0.1) is 5.82 Å². The maximum Gasteiger partial charge on any atom is 0.171 e. The van der Waals surface area contributed by atoms with Crippen molar-refractivity contribution in [2.45, 2.75) is 6.42 Å². The summed E-state index contributed by atoms with van der Waals surface area (Å²) in [5, 5.41) is 0. The Kier molecular flexibility index (Phi) is 3.46. The van der Waals surface area contributed by atoms with Gasteiger partial charge in [0.15, 0.2) is 11.6 Å². The Morgan fingerprint density at radius 2 is 2.25 bits per heavy atom. The second-order valence-corrected chi connectivity index (χ2v) is 5.71. The van der Waals surface area contributed by atoms with Crippen molar-refractivity contribution in [3.63, 3.8) is 0 Å². The van der Waals surface area contributed by atoms with Crippen molar-refractivity contribution in [3.05, 3.63) is 50.6 Å². The summed E-state index contributed by atoms with van der Waals surface area (Å²) in [7, 11) is 0. The van der Waals surface area contributed by atoms with E-state index in [2.05, 4.69) is 20.9 Å². The molecule has 0 aliphatic heterocycles. The summed E-state index contributed by atoms with van der Waals surface area (Å²) in [5.74, 6) is -0.794. The number of hydrogen-bond donors (Lipinski definition) is 0. The van der Waals surface area contributed by atoms with Crippen LogP contribution in [0.2, 0.25) is 0 Å². The Hall–Kier alpha value is -1.07. The van der Waals surface area contributed by atoms with Gasteiger partial charge in [-0.05, 0) is 34.1 Å². The summed E-state index contributed by atoms with van der Waals surface area (Å²) in [6.07, 6.45) is 2.69. The Morgan fingerprint density at radius 1 is 1.44 bits per heavy atom. The first-order valence-electron chi connectivity index (χ1n) is 4.54. The van der Waals surface area contributed by atoms with Crippen LogP contribution in [0.1, 0.15) is 15.2 Å². The third kappa shape index (κ3) is 2.54. The van der Waals surface area contributed by atoms with Gasteiger partial charge < -0.3 is 0 Å². The van der Waals surface area contributed by atoms with Gasteiger partial charge >= 0.3 is 0 Å². The van der Waals surface area contributed by atoms with Crippen molar-refractivity contribution in [1.82, 2.24) is 4.98 Å². The van der Waals surface area contributed by atoms with Crippen LogP contribution in [0.15, 0.2) is 34.4 Å². The Morgan fingerprint density at radius 3 is 2.88 bits per heavy atom. The quantitative estimate of drug-likeness (QED) is 0.812. The predicted molar refractivity (Wildman–Crippen MR) is 64.2 cm³/mol. The lowest BCUT2D eigenvalue weighted by molar-refractivity contribution is 0.0990. The second kappa shape index (κ2) is 4.84. The molecule has 0 spiro atoms. The molecule has 0 amide bonds. The third-order valence-electron chi connectivity index (χ3n) is 2.04. The molecule has 0 fully saturated rings. The zero-order valence-corrected chi connectivity index (χ0v) is 10.5. The fourth-order valence-corrected chi connectivity index (χ4v) is 2.78. The number of hydrogen-bond acceptors (Lipinski definition) is 3. The van der Waals surface area contributed by atoms with Crippen LogP contribution in [-0.2, 0) is 6.42 Å². The highest BCUT2D eigenvalue weighted by atomic mass is 79.9. The van der Waals surface area contributed by atoms with E-state index in [-0.39, 0.29) is 17.8 Å².